The first-order valence-electron chi connectivity index (χ1n) is 9.55. The maximum Gasteiger partial charge on any atom is 0.338 e. The third-order valence-electron chi connectivity index (χ3n) is 5.10. The molecule has 29 heavy (non-hydrogen) atoms. The predicted molar refractivity (Wildman–Crippen MR) is 105 cm³/mol. The van der Waals surface area contributed by atoms with Crippen LogP contribution in [0.15, 0.2) is 24.3 Å². The lowest BCUT2D eigenvalue weighted by molar-refractivity contribution is -0.386. The number of hydrogen-bond donors (Lipinski definition) is 0. The van der Waals surface area contributed by atoms with Crippen LogP contribution in [0.2, 0.25) is 0 Å². The maximum atomic E-state index is 12.3. The molecular weight excluding hydrogens is 376 g/mol. The average molecular weight is 400 g/mol. The van der Waals surface area contributed by atoms with Gasteiger partial charge in [0.1, 0.15) is 11.4 Å². The zero-order chi connectivity index (χ0) is 21.1. The summed E-state index contributed by atoms with van der Waals surface area (Å²) in [5, 5.41) is 15.3. The van der Waals surface area contributed by atoms with Crippen LogP contribution in [-0.4, -0.2) is 50.7 Å². The number of hydrogen-bond acceptors (Lipinski definition) is 6. The van der Waals surface area contributed by atoms with Gasteiger partial charge in [0.05, 0.1) is 17.0 Å². The van der Waals surface area contributed by atoms with Crippen LogP contribution in [0, 0.1) is 24.0 Å². The van der Waals surface area contributed by atoms with Gasteiger partial charge in [-0.05, 0) is 51.3 Å². The van der Waals surface area contributed by atoms with E-state index in [2.05, 4.69) is 5.10 Å². The van der Waals surface area contributed by atoms with Crippen molar-refractivity contribution in [3.63, 3.8) is 0 Å². The Kier molecular flexibility index (Phi) is 5.95. The van der Waals surface area contributed by atoms with E-state index in [9.17, 15) is 19.7 Å². The zero-order valence-corrected chi connectivity index (χ0v) is 16.8. The molecule has 2 heterocycles. The van der Waals surface area contributed by atoms with Crippen molar-refractivity contribution in [1.82, 2.24) is 14.7 Å². The van der Waals surface area contributed by atoms with Crippen molar-refractivity contribution in [2.45, 2.75) is 46.3 Å². The number of carbonyl (C=O) groups is 2. The minimum absolute atomic E-state index is 0.0156. The second-order valence-electron chi connectivity index (χ2n) is 7.21. The highest BCUT2D eigenvalue weighted by Crippen LogP contribution is 2.22. The van der Waals surface area contributed by atoms with Gasteiger partial charge in [0, 0.05) is 13.1 Å². The monoisotopic (exact) mass is 400 g/mol. The normalized spacial score (nSPS) is 14.7. The fourth-order valence-electron chi connectivity index (χ4n) is 3.50. The van der Waals surface area contributed by atoms with Gasteiger partial charge in [-0.2, -0.15) is 5.10 Å². The van der Waals surface area contributed by atoms with E-state index < -0.39 is 17.0 Å². The molecule has 3 rings (SSSR count). The molecule has 1 aliphatic heterocycles. The van der Waals surface area contributed by atoms with E-state index in [1.807, 2.05) is 0 Å². The number of aromatic nitrogens is 2. The molecule has 9 nitrogen and oxygen atoms in total. The molecule has 1 atom stereocenters. The smallest absolute Gasteiger partial charge is 0.338 e. The Morgan fingerprint density at radius 2 is 1.83 bits per heavy atom. The molecule has 1 fully saturated rings. The van der Waals surface area contributed by atoms with Crippen molar-refractivity contribution >= 4 is 17.6 Å². The Hall–Kier alpha value is -3.23. The molecule has 2 aromatic rings. The number of likely N-dealkylation sites (tertiary alicyclic amines) is 1. The van der Waals surface area contributed by atoms with Gasteiger partial charge < -0.3 is 9.64 Å². The number of aryl methyl sites for hydroxylation is 1. The second kappa shape index (κ2) is 8.42. The van der Waals surface area contributed by atoms with Gasteiger partial charge in [-0.3, -0.25) is 19.6 Å². The summed E-state index contributed by atoms with van der Waals surface area (Å²) in [6.45, 7) is 6.61. The van der Waals surface area contributed by atoms with Crippen LogP contribution in [0.3, 0.4) is 0 Å². The van der Waals surface area contributed by atoms with Gasteiger partial charge in [0.15, 0.2) is 6.10 Å². The quantitative estimate of drug-likeness (QED) is 0.419. The van der Waals surface area contributed by atoms with E-state index in [0.717, 1.165) is 18.4 Å². The van der Waals surface area contributed by atoms with E-state index in [0.29, 0.717) is 36.6 Å². The third-order valence-corrected chi connectivity index (χ3v) is 5.10. The topological polar surface area (TPSA) is 108 Å². The van der Waals surface area contributed by atoms with Crippen LogP contribution < -0.4 is 0 Å². The lowest BCUT2D eigenvalue weighted by Gasteiger charge is -2.20. The summed E-state index contributed by atoms with van der Waals surface area (Å²) in [6.07, 6.45) is 1.13. The highest BCUT2D eigenvalue weighted by molar-refractivity contribution is 5.92. The first-order chi connectivity index (χ1) is 13.8. The Balaban J connectivity index is 1.64. The molecule has 0 spiro atoms. The molecule has 1 aromatic heterocycles. The summed E-state index contributed by atoms with van der Waals surface area (Å²) in [6, 6.07) is 6.72. The highest BCUT2D eigenvalue weighted by atomic mass is 16.6. The lowest BCUT2D eigenvalue weighted by atomic mass is 10.1. The van der Waals surface area contributed by atoms with Gasteiger partial charge in [-0.15, -0.1) is 0 Å². The number of amides is 1. The molecule has 1 saturated heterocycles. The van der Waals surface area contributed by atoms with Gasteiger partial charge in [0.25, 0.3) is 5.91 Å². The molecule has 154 valence electrons. The molecule has 1 aromatic carbocycles. The van der Waals surface area contributed by atoms with Crippen LogP contribution in [0.25, 0.3) is 0 Å². The summed E-state index contributed by atoms with van der Waals surface area (Å²) < 4.78 is 6.88. The Labute approximate surface area is 168 Å². The summed E-state index contributed by atoms with van der Waals surface area (Å²) in [5.74, 6) is -0.725. The standard InChI is InChI=1S/C20H24N4O5/c1-13-18(24(27)28)14(2)23(21-13)12-16-6-8-17(9-7-16)20(26)29-15(3)19(25)22-10-4-5-11-22/h6-9,15H,4-5,10-12H2,1-3H3/t15-/m0/s1. The Morgan fingerprint density at radius 3 is 2.38 bits per heavy atom. The third kappa shape index (κ3) is 4.44. The summed E-state index contributed by atoms with van der Waals surface area (Å²) in [4.78, 5) is 37.0. The van der Waals surface area contributed by atoms with Crippen LogP contribution >= 0.6 is 0 Å². The zero-order valence-electron chi connectivity index (χ0n) is 16.8. The molecular formula is C20H24N4O5. The molecule has 9 heteroatoms. The molecule has 0 N–H and O–H groups in total. The van der Waals surface area contributed by atoms with E-state index >= 15 is 0 Å². The molecule has 0 saturated carbocycles. The minimum atomic E-state index is -0.824. The van der Waals surface area contributed by atoms with E-state index in [4.69, 9.17) is 4.74 Å². The second-order valence-corrected chi connectivity index (χ2v) is 7.21. The van der Waals surface area contributed by atoms with Crippen LogP contribution in [-0.2, 0) is 16.1 Å². The number of ether oxygens (including phenoxy) is 1. The molecule has 1 aliphatic rings. The number of nitro groups is 1. The first kappa shape index (κ1) is 20.5. The van der Waals surface area contributed by atoms with Gasteiger partial charge >= 0.3 is 11.7 Å². The van der Waals surface area contributed by atoms with Crippen molar-refractivity contribution in [3.8, 4) is 0 Å². The van der Waals surface area contributed by atoms with Gasteiger partial charge in [-0.1, -0.05) is 12.1 Å². The predicted octanol–water partition coefficient (Wildman–Crippen LogP) is 2.62. The number of carbonyl (C=O) groups excluding carboxylic acids is 2. The molecule has 0 unspecified atom stereocenters. The average Bonchev–Trinajstić information content (AvgIpc) is 3.30. The van der Waals surface area contributed by atoms with E-state index in [1.165, 1.54) is 0 Å². The van der Waals surface area contributed by atoms with Crippen molar-refractivity contribution in [2.24, 2.45) is 0 Å². The number of rotatable bonds is 6. The number of nitrogens with zero attached hydrogens (tertiary/aromatic N) is 4. The molecule has 0 bridgehead atoms. The van der Waals surface area contributed by atoms with Gasteiger partial charge in [-0.25, -0.2) is 4.79 Å². The summed E-state index contributed by atoms with van der Waals surface area (Å²) >= 11 is 0. The highest BCUT2D eigenvalue weighted by Gasteiger charge is 2.26. The number of benzene rings is 1. The van der Waals surface area contributed by atoms with Crippen LogP contribution in [0.4, 0.5) is 5.69 Å². The minimum Gasteiger partial charge on any atom is -0.449 e. The molecule has 0 aliphatic carbocycles. The number of esters is 1. The Bertz CT molecular complexity index is 929. The van der Waals surface area contributed by atoms with Gasteiger partial charge in [0.2, 0.25) is 0 Å². The van der Waals surface area contributed by atoms with Crippen molar-refractivity contribution < 1.29 is 19.2 Å². The SMILES string of the molecule is Cc1nn(Cc2ccc(C(=O)O[C@@H](C)C(=O)N3CCCC3)cc2)c(C)c1[N+](=O)[O-]. The van der Waals surface area contributed by atoms with Crippen LogP contribution in [0.5, 0.6) is 0 Å². The Morgan fingerprint density at radius 1 is 1.21 bits per heavy atom. The van der Waals surface area contributed by atoms with Crippen molar-refractivity contribution in [2.75, 3.05) is 13.1 Å². The lowest BCUT2D eigenvalue weighted by Crippen LogP contribution is -2.38. The first-order valence-corrected chi connectivity index (χ1v) is 9.55. The summed E-state index contributed by atoms with van der Waals surface area (Å²) in [5.41, 5.74) is 2.04. The summed E-state index contributed by atoms with van der Waals surface area (Å²) in [7, 11) is 0. The fraction of sp³-hybridized carbons (Fsp3) is 0.450. The van der Waals surface area contributed by atoms with Crippen molar-refractivity contribution in [1.29, 1.82) is 0 Å². The molecule has 0 radical (unpaired) electrons. The van der Waals surface area contributed by atoms with E-state index in [-0.39, 0.29) is 11.6 Å². The van der Waals surface area contributed by atoms with Crippen LogP contribution in [0.1, 0.15) is 47.1 Å². The maximum absolute atomic E-state index is 12.3. The fourth-order valence-corrected chi connectivity index (χ4v) is 3.50. The van der Waals surface area contributed by atoms with Crippen molar-refractivity contribution in [3.05, 3.63) is 56.9 Å². The van der Waals surface area contributed by atoms with E-state index in [1.54, 1.807) is 54.6 Å². The largest absolute Gasteiger partial charge is 0.449 e. The molecule has 1 amide bonds.